The van der Waals surface area contributed by atoms with Gasteiger partial charge in [-0.2, -0.15) is 0 Å². The first-order chi connectivity index (χ1) is 10.1. The van der Waals surface area contributed by atoms with E-state index >= 15 is 0 Å². The summed E-state index contributed by atoms with van der Waals surface area (Å²) in [4.78, 5) is 27.1. The van der Waals surface area contributed by atoms with Crippen LogP contribution < -0.4 is 5.32 Å². The fourth-order valence-corrected chi connectivity index (χ4v) is 3.45. The van der Waals surface area contributed by atoms with Crippen molar-refractivity contribution in [3.63, 3.8) is 0 Å². The predicted molar refractivity (Wildman–Crippen MR) is 80.8 cm³/mol. The second-order valence-electron chi connectivity index (χ2n) is 6.15. The molecule has 2 unspecified atom stereocenters. The smallest absolute Gasteiger partial charge is 0.249 e. The summed E-state index contributed by atoms with van der Waals surface area (Å²) in [5.74, 6) is 0.0460. The summed E-state index contributed by atoms with van der Waals surface area (Å²) in [6, 6.07) is -0.353. The Morgan fingerprint density at radius 1 is 1.24 bits per heavy atom. The van der Waals surface area contributed by atoms with E-state index in [9.17, 15) is 9.59 Å². The number of hydrogen-bond acceptors (Lipinski definition) is 3. The molecule has 5 nitrogen and oxygen atoms in total. The minimum absolute atomic E-state index is 0.0170. The summed E-state index contributed by atoms with van der Waals surface area (Å²) in [5.41, 5.74) is -0.725. The van der Waals surface area contributed by atoms with E-state index in [4.69, 9.17) is 4.74 Å². The number of piperazine rings is 1. The van der Waals surface area contributed by atoms with Crippen molar-refractivity contribution in [3.05, 3.63) is 0 Å². The van der Waals surface area contributed by atoms with Gasteiger partial charge in [-0.25, -0.2) is 0 Å². The fraction of sp³-hybridized carbons (Fsp3) is 0.875. The number of carbonyl (C=O) groups is 2. The van der Waals surface area contributed by atoms with Crippen molar-refractivity contribution in [2.24, 2.45) is 0 Å². The molecule has 1 N–H and O–H groups in total. The molecule has 2 aliphatic rings. The monoisotopic (exact) mass is 296 g/mol. The largest absolute Gasteiger partial charge is 0.376 e. The zero-order valence-corrected chi connectivity index (χ0v) is 13.5. The Bertz CT molecular complexity index is 387. The van der Waals surface area contributed by atoms with Crippen LogP contribution in [0.3, 0.4) is 0 Å². The molecule has 2 fully saturated rings. The van der Waals surface area contributed by atoms with E-state index in [0.717, 1.165) is 25.9 Å². The van der Waals surface area contributed by atoms with Gasteiger partial charge in [0.15, 0.2) is 0 Å². The minimum atomic E-state index is -0.725. The molecule has 0 radical (unpaired) electrons. The van der Waals surface area contributed by atoms with Crippen LogP contribution in [-0.4, -0.2) is 47.6 Å². The van der Waals surface area contributed by atoms with E-state index in [2.05, 4.69) is 5.32 Å². The van der Waals surface area contributed by atoms with Gasteiger partial charge in [-0.05, 0) is 38.5 Å². The van der Waals surface area contributed by atoms with E-state index in [1.54, 1.807) is 4.90 Å². The van der Waals surface area contributed by atoms with Gasteiger partial charge in [0.25, 0.3) is 0 Å². The van der Waals surface area contributed by atoms with Crippen molar-refractivity contribution in [2.75, 3.05) is 13.2 Å². The number of ether oxygens (including phenoxy) is 1. The molecule has 0 aliphatic carbocycles. The van der Waals surface area contributed by atoms with Crippen LogP contribution in [0.1, 0.15) is 59.3 Å². The second kappa shape index (κ2) is 6.77. The Morgan fingerprint density at radius 2 is 1.95 bits per heavy atom. The van der Waals surface area contributed by atoms with Gasteiger partial charge in [-0.1, -0.05) is 20.8 Å². The normalized spacial score (nSPS) is 29.4. The second-order valence-corrected chi connectivity index (χ2v) is 6.15. The number of hydrogen-bond donors (Lipinski definition) is 1. The van der Waals surface area contributed by atoms with Gasteiger partial charge >= 0.3 is 0 Å². The molecule has 120 valence electrons. The van der Waals surface area contributed by atoms with Gasteiger partial charge < -0.3 is 15.0 Å². The average Bonchev–Trinajstić information content (AvgIpc) is 2.52. The van der Waals surface area contributed by atoms with Crippen LogP contribution in [0.5, 0.6) is 0 Å². The van der Waals surface area contributed by atoms with Crippen LogP contribution in [0.15, 0.2) is 0 Å². The molecule has 2 heterocycles. The molecule has 2 amide bonds. The summed E-state index contributed by atoms with van der Waals surface area (Å²) in [6.45, 7) is 7.19. The predicted octanol–water partition coefficient (Wildman–Crippen LogP) is 1.85. The summed E-state index contributed by atoms with van der Waals surface area (Å²) >= 11 is 0. The Hall–Kier alpha value is -1.10. The summed E-state index contributed by atoms with van der Waals surface area (Å²) in [5, 5.41) is 2.98. The third-order valence-electron chi connectivity index (χ3n) is 4.98. The molecule has 0 aromatic carbocycles. The maximum atomic E-state index is 13.0. The van der Waals surface area contributed by atoms with Crippen molar-refractivity contribution >= 4 is 11.8 Å². The van der Waals surface area contributed by atoms with Crippen molar-refractivity contribution in [2.45, 2.75) is 77.0 Å². The zero-order chi connectivity index (χ0) is 15.5. The average molecular weight is 296 g/mol. The number of rotatable bonds is 5. The molecule has 2 saturated heterocycles. The molecule has 21 heavy (non-hydrogen) atoms. The molecule has 0 aromatic heterocycles. The highest BCUT2D eigenvalue weighted by molar-refractivity contribution is 5.99. The van der Waals surface area contributed by atoms with E-state index in [1.165, 1.54) is 0 Å². The molecule has 0 spiro atoms. The first-order valence-corrected chi connectivity index (χ1v) is 8.32. The lowest BCUT2D eigenvalue weighted by atomic mass is 9.86. The lowest BCUT2D eigenvalue weighted by Crippen LogP contribution is -2.70. The molecule has 0 saturated carbocycles. The molecule has 0 aromatic rings. The van der Waals surface area contributed by atoms with Crippen LogP contribution in [0.25, 0.3) is 0 Å². The minimum Gasteiger partial charge on any atom is -0.376 e. The van der Waals surface area contributed by atoms with Crippen LogP contribution >= 0.6 is 0 Å². The molecule has 0 bridgehead atoms. The van der Waals surface area contributed by atoms with E-state index < -0.39 is 5.54 Å². The number of amides is 2. The van der Waals surface area contributed by atoms with Crippen molar-refractivity contribution < 1.29 is 14.3 Å². The molecule has 5 heteroatoms. The van der Waals surface area contributed by atoms with Crippen molar-refractivity contribution in [3.8, 4) is 0 Å². The molecular weight excluding hydrogens is 268 g/mol. The first-order valence-electron chi connectivity index (χ1n) is 8.32. The van der Waals surface area contributed by atoms with Gasteiger partial charge in [-0.3, -0.25) is 9.59 Å². The summed E-state index contributed by atoms with van der Waals surface area (Å²) in [7, 11) is 0. The molecular formula is C16H28N2O3. The Kier molecular flexibility index (Phi) is 5.25. The van der Waals surface area contributed by atoms with Crippen molar-refractivity contribution in [1.82, 2.24) is 10.2 Å². The number of nitrogens with one attached hydrogen (secondary N) is 1. The van der Waals surface area contributed by atoms with Gasteiger partial charge in [0.05, 0.1) is 6.10 Å². The molecule has 2 atom stereocenters. The Morgan fingerprint density at radius 3 is 2.48 bits per heavy atom. The Labute approximate surface area is 127 Å². The fourth-order valence-electron chi connectivity index (χ4n) is 3.45. The van der Waals surface area contributed by atoms with Crippen LogP contribution in [0.4, 0.5) is 0 Å². The van der Waals surface area contributed by atoms with E-state index in [0.29, 0.717) is 25.8 Å². The third-order valence-corrected chi connectivity index (χ3v) is 4.98. The van der Waals surface area contributed by atoms with Gasteiger partial charge in [0, 0.05) is 13.2 Å². The maximum absolute atomic E-state index is 13.0. The third kappa shape index (κ3) is 3.07. The quantitative estimate of drug-likeness (QED) is 0.842. The van der Waals surface area contributed by atoms with Gasteiger partial charge in [-0.15, -0.1) is 0 Å². The van der Waals surface area contributed by atoms with E-state index in [-0.39, 0.29) is 24.0 Å². The number of nitrogens with zero attached hydrogens (tertiary/aromatic N) is 1. The molecule has 2 rings (SSSR count). The lowest BCUT2D eigenvalue weighted by Gasteiger charge is -2.46. The zero-order valence-electron chi connectivity index (χ0n) is 13.5. The maximum Gasteiger partial charge on any atom is 0.249 e. The summed E-state index contributed by atoms with van der Waals surface area (Å²) in [6.07, 6.45) is 5.20. The van der Waals surface area contributed by atoms with Crippen LogP contribution in [0.2, 0.25) is 0 Å². The first kappa shape index (κ1) is 16.3. The van der Waals surface area contributed by atoms with E-state index in [1.807, 2.05) is 20.8 Å². The topological polar surface area (TPSA) is 58.6 Å². The number of carbonyl (C=O) groups excluding carboxylic acids is 2. The molecule has 2 aliphatic heterocycles. The lowest BCUT2D eigenvalue weighted by molar-refractivity contribution is -0.158. The van der Waals surface area contributed by atoms with Crippen LogP contribution in [0, 0.1) is 0 Å². The standard InChI is InChI=1S/C16H28N2O3/c1-4-13-14(19)17-16(5-2,6-3)15(20)18(13)11-12-9-7-8-10-21-12/h12-13H,4-11H2,1-3H3,(H,17,19). The SMILES string of the molecule is CCC1C(=O)NC(CC)(CC)C(=O)N1CC1CCCCO1. The Balaban J connectivity index is 2.19. The highest BCUT2D eigenvalue weighted by Crippen LogP contribution is 2.27. The highest BCUT2D eigenvalue weighted by atomic mass is 16.5. The van der Waals surface area contributed by atoms with Gasteiger partial charge in [0.2, 0.25) is 11.8 Å². The summed E-state index contributed by atoms with van der Waals surface area (Å²) < 4.78 is 5.77. The highest BCUT2D eigenvalue weighted by Gasteiger charge is 2.48. The van der Waals surface area contributed by atoms with Crippen molar-refractivity contribution in [1.29, 1.82) is 0 Å². The van der Waals surface area contributed by atoms with Crippen LogP contribution in [-0.2, 0) is 14.3 Å². The van der Waals surface area contributed by atoms with Gasteiger partial charge in [0.1, 0.15) is 11.6 Å².